The zero-order valence-corrected chi connectivity index (χ0v) is 15.7. The van der Waals surface area contributed by atoms with Crippen LogP contribution < -0.4 is 15.4 Å². The number of alkyl halides is 3. The van der Waals surface area contributed by atoms with E-state index in [9.17, 15) is 18.0 Å². The lowest BCUT2D eigenvalue weighted by atomic mass is 10.1. The van der Waals surface area contributed by atoms with Crippen LogP contribution >= 0.6 is 12.4 Å². The van der Waals surface area contributed by atoms with Gasteiger partial charge in [-0.2, -0.15) is 13.2 Å². The van der Waals surface area contributed by atoms with E-state index in [0.717, 1.165) is 5.56 Å². The number of nitrogens with one attached hydrogen (secondary N) is 2. The number of carbonyl (C=O) groups is 1. The smallest absolute Gasteiger partial charge is 0.405 e. The number of ether oxygens (including phenoxy) is 1. The summed E-state index contributed by atoms with van der Waals surface area (Å²) >= 11 is 0. The van der Waals surface area contributed by atoms with Crippen molar-refractivity contribution in [1.29, 1.82) is 0 Å². The number of hydrogen-bond acceptors (Lipinski definition) is 4. The number of hydrogen-bond donors (Lipinski definition) is 2. The number of nitrogens with zero attached hydrogens (tertiary/aromatic N) is 1. The quantitative estimate of drug-likeness (QED) is 0.776. The third-order valence-electron chi connectivity index (χ3n) is 4.18. The topological polar surface area (TPSA) is 53.6 Å². The third kappa shape index (κ3) is 6.03. The maximum absolute atomic E-state index is 13.3. The van der Waals surface area contributed by atoms with Crippen LogP contribution in [0.15, 0.2) is 18.2 Å². The van der Waals surface area contributed by atoms with Crippen molar-refractivity contribution < 1.29 is 22.7 Å². The molecule has 0 bridgehead atoms. The Balaban J connectivity index is 0.00000338. The summed E-state index contributed by atoms with van der Waals surface area (Å²) in [4.78, 5) is 13.6. The number of halogens is 4. The molecule has 1 aromatic rings. The molecule has 26 heavy (non-hydrogen) atoms. The van der Waals surface area contributed by atoms with E-state index in [-0.39, 0.29) is 18.0 Å². The first-order valence-electron chi connectivity index (χ1n) is 8.36. The molecule has 1 atom stereocenters. The van der Waals surface area contributed by atoms with E-state index in [1.165, 1.54) is 4.90 Å². The molecule has 0 aromatic heterocycles. The molecule has 1 aromatic carbocycles. The minimum Gasteiger partial charge on any atom is -0.494 e. The van der Waals surface area contributed by atoms with Crippen molar-refractivity contribution in [3.8, 4) is 5.75 Å². The predicted octanol–water partition coefficient (Wildman–Crippen LogP) is 2.38. The molecule has 0 saturated carbocycles. The summed E-state index contributed by atoms with van der Waals surface area (Å²) in [5, 5.41) is 5.44. The Morgan fingerprint density at radius 2 is 2.00 bits per heavy atom. The van der Waals surface area contributed by atoms with Crippen molar-refractivity contribution in [3.05, 3.63) is 29.3 Å². The number of aryl methyl sites for hydroxylation is 1. The van der Waals surface area contributed by atoms with Gasteiger partial charge in [-0.1, -0.05) is 6.07 Å². The minimum absolute atomic E-state index is 0. The average Bonchev–Trinajstić information content (AvgIpc) is 2.57. The third-order valence-corrected chi connectivity index (χ3v) is 4.18. The lowest BCUT2D eigenvalue weighted by molar-refractivity contribution is -0.183. The molecule has 1 fully saturated rings. The van der Waals surface area contributed by atoms with Gasteiger partial charge in [0.05, 0.1) is 6.61 Å². The van der Waals surface area contributed by atoms with Crippen molar-refractivity contribution >= 4 is 18.3 Å². The first-order chi connectivity index (χ1) is 11.8. The SMILES string of the molecule is CCOc1cc(C(=O)NCC(N2CCNCC2)C(F)(F)F)ccc1C.Cl. The van der Waals surface area contributed by atoms with Crippen LogP contribution in [0, 0.1) is 6.92 Å². The largest absolute Gasteiger partial charge is 0.494 e. The van der Waals surface area contributed by atoms with Gasteiger partial charge in [-0.15, -0.1) is 12.4 Å². The molecule has 9 heteroatoms. The molecule has 1 aliphatic heterocycles. The minimum atomic E-state index is -4.39. The molecule has 1 heterocycles. The van der Waals surface area contributed by atoms with Gasteiger partial charge >= 0.3 is 6.18 Å². The van der Waals surface area contributed by atoms with Gasteiger partial charge in [0.25, 0.3) is 5.91 Å². The molecular weight excluding hydrogens is 371 g/mol. The second kappa shape index (κ2) is 9.99. The van der Waals surface area contributed by atoms with Gasteiger partial charge in [-0.3, -0.25) is 9.69 Å². The van der Waals surface area contributed by atoms with Crippen LogP contribution in [0.25, 0.3) is 0 Å². The van der Waals surface area contributed by atoms with Gasteiger partial charge in [0, 0.05) is 38.3 Å². The molecular formula is C17H25ClF3N3O2. The Bertz CT molecular complexity index is 593. The molecule has 0 aliphatic carbocycles. The zero-order valence-electron chi connectivity index (χ0n) is 14.9. The Labute approximate surface area is 157 Å². The van der Waals surface area contributed by atoms with Gasteiger partial charge in [-0.25, -0.2) is 0 Å². The maximum atomic E-state index is 13.3. The fraction of sp³-hybridized carbons (Fsp3) is 0.588. The van der Waals surface area contributed by atoms with Crippen LogP contribution in [-0.2, 0) is 0 Å². The highest BCUT2D eigenvalue weighted by Gasteiger charge is 2.43. The van der Waals surface area contributed by atoms with Crippen molar-refractivity contribution in [2.24, 2.45) is 0 Å². The predicted molar refractivity (Wildman–Crippen MR) is 96.2 cm³/mol. The maximum Gasteiger partial charge on any atom is 0.405 e. The summed E-state index contributed by atoms with van der Waals surface area (Å²) in [5.74, 6) is 0.0231. The number of benzene rings is 1. The van der Waals surface area contributed by atoms with Crippen LogP contribution in [0.4, 0.5) is 13.2 Å². The van der Waals surface area contributed by atoms with Gasteiger partial charge in [0.15, 0.2) is 0 Å². The second-order valence-electron chi connectivity index (χ2n) is 5.97. The fourth-order valence-corrected chi connectivity index (χ4v) is 2.79. The molecule has 2 N–H and O–H groups in total. The number of amides is 1. The summed E-state index contributed by atoms with van der Waals surface area (Å²) in [7, 11) is 0. The summed E-state index contributed by atoms with van der Waals surface area (Å²) in [6.45, 7) is 5.28. The Morgan fingerprint density at radius 3 is 2.58 bits per heavy atom. The first-order valence-corrected chi connectivity index (χ1v) is 8.36. The molecule has 1 saturated heterocycles. The van der Waals surface area contributed by atoms with E-state index in [1.54, 1.807) is 18.2 Å². The highest BCUT2D eigenvalue weighted by molar-refractivity contribution is 5.94. The summed E-state index contributed by atoms with van der Waals surface area (Å²) in [6.07, 6.45) is -4.39. The van der Waals surface area contributed by atoms with E-state index < -0.39 is 24.7 Å². The van der Waals surface area contributed by atoms with Crippen LogP contribution in [0.5, 0.6) is 5.75 Å². The zero-order chi connectivity index (χ0) is 18.4. The second-order valence-corrected chi connectivity index (χ2v) is 5.97. The van der Waals surface area contributed by atoms with Crippen molar-refractivity contribution in [2.45, 2.75) is 26.1 Å². The Kier molecular flexibility index (Phi) is 8.66. The lowest BCUT2D eigenvalue weighted by Crippen LogP contribution is -2.57. The van der Waals surface area contributed by atoms with Crippen LogP contribution in [0.1, 0.15) is 22.8 Å². The van der Waals surface area contributed by atoms with E-state index in [0.29, 0.717) is 38.5 Å². The van der Waals surface area contributed by atoms with E-state index in [1.807, 2.05) is 13.8 Å². The molecule has 2 rings (SSSR count). The molecule has 148 valence electrons. The molecule has 1 amide bonds. The average molecular weight is 396 g/mol. The summed E-state index contributed by atoms with van der Waals surface area (Å²) in [6, 6.07) is 3.18. The molecule has 1 unspecified atom stereocenters. The van der Waals surface area contributed by atoms with Gasteiger partial charge in [0.2, 0.25) is 0 Å². The first kappa shape index (κ1) is 22.5. The van der Waals surface area contributed by atoms with Gasteiger partial charge in [-0.05, 0) is 31.5 Å². The number of rotatable bonds is 6. The lowest BCUT2D eigenvalue weighted by Gasteiger charge is -2.35. The Hall–Kier alpha value is -1.51. The van der Waals surface area contributed by atoms with Crippen molar-refractivity contribution in [3.63, 3.8) is 0 Å². The standard InChI is InChI=1S/C17H24F3N3O2.ClH/c1-3-25-14-10-13(5-4-12(14)2)16(24)22-11-15(17(18,19)20)23-8-6-21-7-9-23;/h4-5,10,15,21H,3,6-9,11H2,1-2H3,(H,22,24);1H. The molecule has 1 aliphatic rings. The van der Waals surface area contributed by atoms with Crippen LogP contribution in [-0.4, -0.2) is 62.4 Å². The van der Waals surface area contributed by atoms with E-state index in [2.05, 4.69) is 10.6 Å². The van der Waals surface area contributed by atoms with Crippen molar-refractivity contribution in [1.82, 2.24) is 15.5 Å². The summed E-state index contributed by atoms with van der Waals surface area (Å²) < 4.78 is 45.5. The molecule has 0 radical (unpaired) electrons. The molecule has 0 spiro atoms. The van der Waals surface area contributed by atoms with Crippen LogP contribution in [0.2, 0.25) is 0 Å². The molecule has 5 nitrogen and oxygen atoms in total. The van der Waals surface area contributed by atoms with Crippen LogP contribution in [0.3, 0.4) is 0 Å². The number of piperazine rings is 1. The van der Waals surface area contributed by atoms with Gasteiger partial charge in [0.1, 0.15) is 11.8 Å². The highest BCUT2D eigenvalue weighted by atomic mass is 35.5. The summed E-state index contributed by atoms with van der Waals surface area (Å²) in [5.41, 5.74) is 1.16. The van der Waals surface area contributed by atoms with Crippen molar-refractivity contribution in [2.75, 3.05) is 39.3 Å². The normalized spacial score (nSPS) is 16.5. The van der Waals surface area contributed by atoms with E-state index in [4.69, 9.17) is 4.74 Å². The van der Waals surface area contributed by atoms with E-state index >= 15 is 0 Å². The number of carbonyl (C=O) groups excluding carboxylic acids is 1. The highest BCUT2D eigenvalue weighted by Crippen LogP contribution is 2.25. The fourth-order valence-electron chi connectivity index (χ4n) is 2.79. The van der Waals surface area contributed by atoms with Gasteiger partial charge < -0.3 is 15.4 Å². The monoisotopic (exact) mass is 395 g/mol. The Morgan fingerprint density at radius 1 is 1.35 bits per heavy atom.